The average Bonchev–Trinajstić information content (AvgIpc) is 2.44. The third-order valence-electron chi connectivity index (χ3n) is 3.43. The van der Waals surface area contributed by atoms with Crippen LogP contribution >= 0.6 is 0 Å². The van der Waals surface area contributed by atoms with Crippen molar-refractivity contribution in [2.75, 3.05) is 26.0 Å². The highest BCUT2D eigenvalue weighted by atomic mass is 16.2. The van der Waals surface area contributed by atoms with Crippen molar-refractivity contribution < 1.29 is 4.79 Å². The smallest absolute Gasteiger partial charge is 0.239 e. The highest BCUT2D eigenvalue weighted by molar-refractivity contribution is 5.81. The van der Waals surface area contributed by atoms with Gasteiger partial charge in [-0.15, -0.1) is 0 Å². The lowest BCUT2D eigenvalue weighted by molar-refractivity contribution is -0.132. The maximum Gasteiger partial charge on any atom is 0.239 e. The molecule has 0 aliphatic rings. The summed E-state index contributed by atoms with van der Waals surface area (Å²) in [6.07, 6.45) is 2.83. The molecule has 4 heteroatoms. The quantitative estimate of drug-likeness (QED) is 0.831. The summed E-state index contributed by atoms with van der Waals surface area (Å²) < 4.78 is 0. The first-order valence-corrected chi connectivity index (χ1v) is 7.22. The van der Waals surface area contributed by atoms with Gasteiger partial charge in [-0.1, -0.05) is 31.9 Å². The van der Waals surface area contributed by atoms with Crippen LogP contribution in [0.3, 0.4) is 0 Å². The van der Waals surface area contributed by atoms with Gasteiger partial charge in [0.05, 0.1) is 6.04 Å². The van der Waals surface area contributed by atoms with Gasteiger partial charge in [-0.05, 0) is 24.1 Å². The Labute approximate surface area is 122 Å². The lowest BCUT2D eigenvalue weighted by atomic mass is 10.1. The number of nitrogens with zero attached hydrogens (tertiary/aromatic N) is 2. The normalized spacial score (nSPS) is 12.1. The number of hydrogen-bond donors (Lipinski definition) is 1. The van der Waals surface area contributed by atoms with E-state index in [4.69, 9.17) is 5.73 Å². The molecule has 0 aliphatic carbocycles. The van der Waals surface area contributed by atoms with Crippen molar-refractivity contribution in [1.29, 1.82) is 0 Å². The second kappa shape index (κ2) is 7.90. The molecule has 112 valence electrons. The van der Waals surface area contributed by atoms with E-state index in [2.05, 4.69) is 36.1 Å². The highest BCUT2D eigenvalue weighted by Crippen LogP contribution is 2.14. The number of rotatable bonds is 7. The molecule has 0 unspecified atom stereocenters. The van der Waals surface area contributed by atoms with E-state index in [1.807, 2.05) is 21.1 Å². The maximum absolute atomic E-state index is 12.1. The number of amides is 1. The van der Waals surface area contributed by atoms with E-state index in [1.54, 1.807) is 4.90 Å². The fourth-order valence-electron chi connectivity index (χ4n) is 2.08. The highest BCUT2D eigenvalue weighted by Gasteiger charge is 2.17. The van der Waals surface area contributed by atoms with Gasteiger partial charge in [0, 0.05) is 33.4 Å². The van der Waals surface area contributed by atoms with Gasteiger partial charge in [-0.3, -0.25) is 4.79 Å². The summed E-state index contributed by atoms with van der Waals surface area (Å²) >= 11 is 0. The number of unbranched alkanes of at least 4 members (excludes halogenated alkanes) is 1. The van der Waals surface area contributed by atoms with Crippen molar-refractivity contribution in [2.24, 2.45) is 5.73 Å². The number of anilines is 1. The molecular weight excluding hydrogens is 250 g/mol. The second-order valence-electron chi connectivity index (χ2n) is 5.50. The van der Waals surface area contributed by atoms with E-state index in [0.29, 0.717) is 6.54 Å². The Bertz CT molecular complexity index is 414. The molecule has 2 N–H and O–H groups in total. The Hall–Kier alpha value is -1.55. The molecule has 1 amide bonds. The van der Waals surface area contributed by atoms with Crippen molar-refractivity contribution in [3.63, 3.8) is 0 Å². The van der Waals surface area contributed by atoms with Gasteiger partial charge < -0.3 is 15.5 Å². The molecular formula is C16H27N3O. The van der Waals surface area contributed by atoms with Gasteiger partial charge in [0.1, 0.15) is 0 Å². The molecule has 4 nitrogen and oxygen atoms in total. The number of likely N-dealkylation sites (N-methyl/N-ethyl adjacent to an activating group) is 1. The van der Waals surface area contributed by atoms with Crippen LogP contribution in [0.4, 0.5) is 5.69 Å². The summed E-state index contributed by atoms with van der Waals surface area (Å²) in [5.41, 5.74) is 8.20. The standard InChI is InChI=1S/C16H27N3O/c1-5-6-7-15(17)16(20)19(4)12-13-8-10-14(11-9-13)18(2)3/h8-11,15H,5-7,12,17H2,1-4H3/t15-/m0/s1. The summed E-state index contributed by atoms with van der Waals surface area (Å²) in [5, 5.41) is 0. The molecule has 1 aromatic carbocycles. The van der Waals surface area contributed by atoms with E-state index in [1.165, 1.54) is 0 Å². The predicted molar refractivity (Wildman–Crippen MR) is 84.7 cm³/mol. The predicted octanol–water partition coefficient (Wildman–Crippen LogP) is 2.23. The monoisotopic (exact) mass is 277 g/mol. The van der Waals surface area contributed by atoms with E-state index in [-0.39, 0.29) is 11.9 Å². The van der Waals surface area contributed by atoms with Crippen molar-refractivity contribution in [1.82, 2.24) is 4.90 Å². The van der Waals surface area contributed by atoms with E-state index in [9.17, 15) is 4.79 Å². The van der Waals surface area contributed by atoms with Crippen LogP contribution < -0.4 is 10.6 Å². The zero-order valence-electron chi connectivity index (χ0n) is 13.1. The number of carbonyl (C=O) groups is 1. The fourth-order valence-corrected chi connectivity index (χ4v) is 2.08. The van der Waals surface area contributed by atoms with Gasteiger partial charge >= 0.3 is 0 Å². The van der Waals surface area contributed by atoms with Gasteiger partial charge in [-0.2, -0.15) is 0 Å². The number of benzene rings is 1. The Morgan fingerprint density at radius 2 is 1.80 bits per heavy atom. The van der Waals surface area contributed by atoms with Crippen molar-refractivity contribution in [3.05, 3.63) is 29.8 Å². The molecule has 0 radical (unpaired) electrons. The zero-order valence-corrected chi connectivity index (χ0v) is 13.1. The molecule has 1 aromatic rings. The minimum Gasteiger partial charge on any atom is -0.378 e. The molecule has 0 fully saturated rings. The number of hydrogen-bond acceptors (Lipinski definition) is 3. The van der Waals surface area contributed by atoms with Crippen molar-refractivity contribution in [2.45, 2.75) is 38.8 Å². The number of nitrogens with two attached hydrogens (primary N) is 1. The van der Waals surface area contributed by atoms with Crippen LogP contribution in [0.25, 0.3) is 0 Å². The van der Waals surface area contributed by atoms with Gasteiger partial charge in [0.2, 0.25) is 5.91 Å². The third-order valence-corrected chi connectivity index (χ3v) is 3.43. The van der Waals surface area contributed by atoms with E-state index < -0.39 is 0 Å². The van der Waals surface area contributed by atoms with E-state index >= 15 is 0 Å². The molecule has 0 aliphatic heterocycles. The topological polar surface area (TPSA) is 49.6 Å². The van der Waals surface area contributed by atoms with Crippen LogP contribution in [0, 0.1) is 0 Å². The first-order chi connectivity index (χ1) is 9.45. The Balaban J connectivity index is 2.56. The minimum atomic E-state index is -0.374. The molecule has 0 saturated heterocycles. The zero-order chi connectivity index (χ0) is 15.1. The van der Waals surface area contributed by atoms with Crippen LogP contribution in [0.5, 0.6) is 0 Å². The van der Waals surface area contributed by atoms with Crippen LogP contribution in [-0.2, 0) is 11.3 Å². The molecule has 0 saturated carbocycles. The van der Waals surface area contributed by atoms with Crippen LogP contribution in [0.1, 0.15) is 31.7 Å². The summed E-state index contributed by atoms with van der Waals surface area (Å²) in [6.45, 7) is 2.71. The Morgan fingerprint density at radius 1 is 1.20 bits per heavy atom. The molecule has 0 spiro atoms. The largest absolute Gasteiger partial charge is 0.378 e. The van der Waals surface area contributed by atoms with Crippen LogP contribution in [0.2, 0.25) is 0 Å². The lowest BCUT2D eigenvalue weighted by Gasteiger charge is -2.22. The van der Waals surface area contributed by atoms with Crippen molar-refractivity contribution in [3.8, 4) is 0 Å². The average molecular weight is 277 g/mol. The molecule has 20 heavy (non-hydrogen) atoms. The third kappa shape index (κ3) is 4.85. The Kier molecular flexibility index (Phi) is 6.52. The maximum atomic E-state index is 12.1. The first kappa shape index (κ1) is 16.5. The van der Waals surface area contributed by atoms with Crippen LogP contribution in [0.15, 0.2) is 24.3 Å². The molecule has 1 atom stereocenters. The van der Waals surface area contributed by atoms with E-state index in [0.717, 1.165) is 30.5 Å². The summed E-state index contributed by atoms with van der Waals surface area (Å²) in [4.78, 5) is 15.9. The van der Waals surface area contributed by atoms with Crippen molar-refractivity contribution >= 4 is 11.6 Å². The SMILES string of the molecule is CCCC[C@H](N)C(=O)N(C)Cc1ccc(N(C)C)cc1. The first-order valence-electron chi connectivity index (χ1n) is 7.22. The van der Waals surface area contributed by atoms with Gasteiger partial charge in [0.25, 0.3) is 0 Å². The summed E-state index contributed by atoms with van der Waals surface area (Å²) in [7, 11) is 5.84. The molecule has 0 bridgehead atoms. The molecule has 1 rings (SSSR count). The lowest BCUT2D eigenvalue weighted by Crippen LogP contribution is -2.41. The summed E-state index contributed by atoms with van der Waals surface area (Å²) in [6, 6.07) is 7.85. The number of carbonyl (C=O) groups excluding carboxylic acids is 1. The van der Waals surface area contributed by atoms with Crippen LogP contribution in [-0.4, -0.2) is 38.0 Å². The minimum absolute atomic E-state index is 0.0233. The van der Waals surface area contributed by atoms with Gasteiger partial charge in [-0.25, -0.2) is 0 Å². The van der Waals surface area contributed by atoms with Gasteiger partial charge in [0.15, 0.2) is 0 Å². The Morgan fingerprint density at radius 3 is 2.30 bits per heavy atom. The summed E-state index contributed by atoms with van der Waals surface area (Å²) in [5.74, 6) is 0.0233. The second-order valence-corrected chi connectivity index (χ2v) is 5.50. The molecule has 0 aromatic heterocycles. The molecule has 0 heterocycles. The fraction of sp³-hybridized carbons (Fsp3) is 0.562.